The molecule has 39 heavy (non-hydrogen) atoms. The number of rotatable bonds is 6. The molecule has 1 unspecified atom stereocenters. The van der Waals surface area contributed by atoms with E-state index in [2.05, 4.69) is 0 Å². The first-order chi connectivity index (χ1) is 18.6. The molecule has 1 amide bonds. The van der Waals surface area contributed by atoms with Gasteiger partial charge in [0, 0.05) is 24.1 Å². The van der Waals surface area contributed by atoms with E-state index in [4.69, 9.17) is 9.15 Å². The van der Waals surface area contributed by atoms with Gasteiger partial charge in [-0.25, -0.2) is 9.18 Å². The Morgan fingerprint density at radius 2 is 1.79 bits per heavy atom. The number of amides is 1. The van der Waals surface area contributed by atoms with Gasteiger partial charge in [-0.2, -0.15) is 3.97 Å². The van der Waals surface area contributed by atoms with Gasteiger partial charge >= 0.3 is 6.09 Å². The highest BCUT2D eigenvalue weighted by atomic mass is 32.2. The first-order valence-electron chi connectivity index (χ1n) is 12.5. The molecule has 0 bridgehead atoms. The smallest absolute Gasteiger partial charge is 0.410 e. The average Bonchev–Trinajstić information content (AvgIpc) is 3.54. The molecule has 200 valence electrons. The van der Waals surface area contributed by atoms with Crippen LogP contribution in [0.15, 0.2) is 101 Å². The molecule has 3 aromatic carbocycles. The fourth-order valence-corrected chi connectivity index (χ4v) is 5.52. The Hall–Kier alpha value is -4.01. The molecule has 0 radical (unpaired) electrons. The minimum absolute atomic E-state index is 0.200. The number of aromatic nitrogens is 1. The third kappa shape index (κ3) is 5.87. The number of nitrogens with zero attached hydrogens (tertiary/aromatic N) is 2. The van der Waals surface area contributed by atoms with Crippen molar-refractivity contribution in [2.75, 3.05) is 7.05 Å². The molecule has 5 rings (SSSR count). The average molecular weight is 545 g/mol. The van der Waals surface area contributed by atoms with Gasteiger partial charge in [-0.3, -0.25) is 0 Å². The first kappa shape index (κ1) is 26.6. The number of furan rings is 1. The molecule has 0 N–H and O–H groups in total. The second-order valence-electron chi connectivity index (χ2n) is 10.3. The van der Waals surface area contributed by atoms with Gasteiger partial charge in [0.15, 0.2) is 4.90 Å². The Bertz CT molecular complexity index is 1640. The summed E-state index contributed by atoms with van der Waals surface area (Å²) in [5.74, 6) is -0.428. The summed E-state index contributed by atoms with van der Waals surface area (Å²) < 4.78 is 41.3. The minimum Gasteiger partial charge on any atom is -0.587 e. The molecule has 6 nitrogen and oxygen atoms in total. The van der Waals surface area contributed by atoms with Gasteiger partial charge in [0.05, 0.1) is 19.0 Å². The van der Waals surface area contributed by atoms with E-state index in [-0.39, 0.29) is 6.54 Å². The van der Waals surface area contributed by atoms with Crippen molar-refractivity contribution in [3.05, 3.63) is 103 Å². The fourth-order valence-electron chi connectivity index (χ4n) is 4.31. The van der Waals surface area contributed by atoms with Gasteiger partial charge in [-0.05, 0) is 79.9 Å². The van der Waals surface area contributed by atoms with Crippen LogP contribution < -0.4 is 0 Å². The molecule has 0 fully saturated rings. The number of halogens is 1. The summed E-state index contributed by atoms with van der Waals surface area (Å²) in [6.07, 6.45) is 2.86. The summed E-state index contributed by atoms with van der Waals surface area (Å²) in [6, 6.07) is 23.4. The summed E-state index contributed by atoms with van der Waals surface area (Å²) in [5.41, 5.74) is 3.48. The third-order valence-corrected chi connectivity index (χ3v) is 7.43. The molecule has 0 aliphatic rings. The highest BCUT2D eigenvalue weighted by Crippen LogP contribution is 2.32. The number of ether oxygens (including phenoxy) is 1. The van der Waals surface area contributed by atoms with Crippen LogP contribution in [0.1, 0.15) is 26.3 Å². The van der Waals surface area contributed by atoms with E-state index in [1.807, 2.05) is 42.5 Å². The Balaban J connectivity index is 1.50. The van der Waals surface area contributed by atoms with Crippen molar-refractivity contribution in [1.82, 2.24) is 8.87 Å². The lowest BCUT2D eigenvalue weighted by atomic mass is 10.0. The molecule has 5 aromatic rings. The maximum atomic E-state index is 14.9. The fraction of sp³-hybridized carbons (Fsp3) is 0.194. The Morgan fingerprint density at radius 3 is 2.56 bits per heavy atom. The zero-order chi connectivity index (χ0) is 27.7. The van der Waals surface area contributed by atoms with Gasteiger partial charge in [0.2, 0.25) is 0 Å². The van der Waals surface area contributed by atoms with Crippen LogP contribution in [0.4, 0.5) is 9.18 Å². The second kappa shape index (κ2) is 10.6. The van der Waals surface area contributed by atoms with Crippen LogP contribution >= 0.6 is 0 Å². The normalized spacial score (nSPS) is 12.5. The molecular formula is C31H29FN2O4S. The maximum Gasteiger partial charge on any atom is 0.410 e. The van der Waals surface area contributed by atoms with Crippen molar-refractivity contribution in [2.45, 2.75) is 37.8 Å². The maximum absolute atomic E-state index is 14.9. The van der Waals surface area contributed by atoms with Gasteiger partial charge in [0.1, 0.15) is 34.1 Å². The number of fused-ring (bicyclic) bond motifs is 1. The Morgan fingerprint density at radius 1 is 1.03 bits per heavy atom. The summed E-state index contributed by atoms with van der Waals surface area (Å²) in [6.45, 7) is 5.60. The van der Waals surface area contributed by atoms with E-state index < -0.39 is 28.9 Å². The van der Waals surface area contributed by atoms with Crippen LogP contribution in [-0.2, 0) is 22.6 Å². The van der Waals surface area contributed by atoms with Gasteiger partial charge in [-0.1, -0.05) is 30.3 Å². The molecule has 0 aliphatic heterocycles. The molecule has 0 aliphatic carbocycles. The topological polar surface area (TPSA) is 70.7 Å². The van der Waals surface area contributed by atoms with Crippen LogP contribution in [0.3, 0.4) is 0 Å². The standard InChI is InChI=1S/C31H29FN2O4S/c1-31(2,3)38-30(35)33(4)19-21-16-28(26-10-5-6-11-27(26)32)34(20-21)39(36)25-9-7-8-22(18-25)23-12-13-29-24(17-23)14-15-37-29/h5-18,20H,19H2,1-4H3. The Labute approximate surface area is 229 Å². The van der Waals surface area contributed by atoms with E-state index in [9.17, 15) is 13.7 Å². The molecule has 0 spiro atoms. The SMILES string of the molecule is CN(Cc1cc(-c2ccccc2F)n([S+]([O-])c2cccc(-c3ccc4occc4c3)c2)c1)C(=O)OC(C)(C)C. The largest absolute Gasteiger partial charge is 0.587 e. The lowest BCUT2D eigenvalue weighted by Gasteiger charge is -2.24. The lowest BCUT2D eigenvalue weighted by Crippen LogP contribution is -2.33. The van der Waals surface area contributed by atoms with Crippen molar-refractivity contribution in [2.24, 2.45) is 0 Å². The van der Waals surface area contributed by atoms with Crippen molar-refractivity contribution in [1.29, 1.82) is 0 Å². The van der Waals surface area contributed by atoms with E-state index in [0.29, 0.717) is 21.7 Å². The number of benzene rings is 3. The summed E-state index contributed by atoms with van der Waals surface area (Å²) in [4.78, 5) is 14.5. The Kier molecular flexibility index (Phi) is 7.25. The quantitative estimate of drug-likeness (QED) is 0.206. The predicted octanol–water partition coefficient (Wildman–Crippen LogP) is 7.65. The van der Waals surface area contributed by atoms with Crippen LogP contribution in [0.2, 0.25) is 0 Å². The molecular weight excluding hydrogens is 515 g/mol. The highest BCUT2D eigenvalue weighted by molar-refractivity contribution is 7.90. The van der Waals surface area contributed by atoms with E-state index in [1.165, 1.54) is 11.0 Å². The number of carbonyl (C=O) groups is 1. The summed E-state index contributed by atoms with van der Waals surface area (Å²) >= 11 is -1.69. The van der Waals surface area contributed by atoms with Crippen LogP contribution in [0.5, 0.6) is 0 Å². The van der Waals surface area contributed by atoms with Crippen LogP contribution in [0.25, 0.3) is 33.4 Å². The highest BCUT2D eigenvalue weighted by Gasteiger charge is 2.25. The molecule has 2 aromatic heterocycles. The van der Waals surface area contributed by atoms with E-state index in [0.717, 1.165) is 22.1 Å². The molecule has 1 atom stereocenters. The van der Waals surface area contributed by atoms with Crippen molar-refractivity contribution >= 4 is 28.4 Å². The van der Waals surface area contributed by atoms with Crippen LogP contribution in [-0.4, -0.2) is 32.2 Å². The number of hydrogen-bond donors (Lipinski definition) is 0. The summed E-state index contributed by atoms with van der Waals surface area (Å²) in [7, 11) is 1.63. The van der Waals surface area contributed by atoms with Gasteiger partial charge in [-0.15, -0.1) is 0 Å². The van der Waals surface area contributed by atoms with Crippen LogP contribution in [0, 0.1) is 5.82 Å². The number of carbonyl (C=O) groups excluding carboxylic acids is 1. The monoisotopic (exact) mass is 544 g/mol. The van der Waals surface area contributed by atoms with E-state index in [1.54, 1.807) is 74.6 Å². The number of hydrogen-bond acceptors (Lipinski definition) is 4. The lowest BCUT2D eigenvalue weighted by molar-refractivity contribution is 0.0285. The minimum atomic E-state index is -1.69. The van der Waals surface area contributed by atoms with Crippen molar-refractivity contribution in [3.8, 4) is 22.4 Å². The molecule has 0 saturated heterocycles. The predicted molar refractivity (Wildman–Crippen MR) is 151 cm³/mol. The molecule has 0 saturated carbocycles. The van der Waals surface area contributed by atoms with Crippen molar-refractivity contribution in [3.63, 3.8) is 0 Å². The molecule has 8 heteroatoms. The van der Waals surface area contributed by atoms with Crippen molar-refractivity contribution < 1.29 is 22.9 Å². The van der Waals surface area contributed by atoms with Gasteiger partial charge in [0.25, 0.3) is 0 Å². The first-order valence-corrected chi connectivity index (χ1v) is 13.6. The summed E-state index contributed by atoms with van der Waals surface area (Å²) in [5, 5.41) is 0.977. The zero-order valence-corrected chi connectivity index (χ0v) is 23.0. The molecule has 2 heterocycles. The third-order valence-electron chi connectivity index (χ3n) is 6.12. The zero-order valence-electron chi connectivity index (χ0n) is 22.2. The van der Waals surface area contributed by atoms with E-state index >= 15 is 0 Å². The van der Waals surface area contributed by atoms with Gasteiger partial charge < -0.3 is 18.6 Å². The second-order valence-corrected chi connectivity index (χ2v) is 11.7.